The maximum absolute atomic E-state index is 6.18. The number of H-pyrrole nitrogens is 1. The molecule has 0 aliphatic carbocycles. The predicted molar refractivity (Wildman–Crippen MR) is 119 cm³/mol. The second kappa shape index (κ2) is 8.82. The highest BCUT2D eigenvalue weighted by Gasteiger charge is 2.15. The Labute approximate surface area is 174 Å². The number of fused-ring (bicyclic) bond motifs is 1. The van der Waals surface area contributed by atoms with E-state index in [4.69, 9.17) is 22.1 Å². The largest absolute Gasteiger partial charge is 0.489 e. The zero-order valence-electron chi connectivity index (χ0n) is 15.6. The van der Waals surface area contributed by atoms with Gasteiger partial charge < -0.3 is 15.5 Å². The Bertz CT molecular complexity index is 1060. The van der Waals surface area contributed by atoms with E-state index in [2.05, 4.69) is 35.3 Å². The first-order valence-electron chi connectivity index (χ1n) is 9.51. The Morgan fingerprint density at radius 2 is 1.86 bits per heavy atom. The number of hydrogen-bond donors (Lipinski definition) is 2. The number of halogens is 1. The van der Waals surface area contributed by atoms with E-state index in [0.717, 1.165) is 51.0 Å². The minimum absolute atomic E-state index is 0.562. The van der Waals surface area contributed by atoms with Crippen molar-refractivity contribution in [3.05, 3.63) is 76.1 Å². The molecule has 0 saturated carbocycles. The summed E-state index contributed by atoms with van der Waals surface area (Å²) in [5, 5.41) is 1.21. The molecular weight excluding hydrogens is 388 g/mol. The topological polar surface area (TPSA) is 51.0 Å². The number of aromatic amines is 1. The lowest BCUT2D eigenvalue weighted by Gasteiger charge is -2.07. The van der Waals surface area contributed by atoms with E-state index in [9.17, 15) is 0 Å². The molecule has 2 aromatic carbocycles. The molecule has 0 bridgehead atoms. The molecule has 4 aromatic rings. The Balaban J connectivity index is 1.66. The third kappa shape index (κ3) is 4.25. The van der Waals surface area contributed by atoms with E-state index in [-0.39, 0.29) is 0 Å². The van der Waals surface area contributed by atoms with E-state index in [1.54, 1.807) is 11.3 Å². The second-order valence-electron chi connectivity index (χ2n) is 6.81. The van der Waals surface area contributed by atoms with Gasteiger partial charge in [0, 0.05) is 10.9 Å². The summed E-state index contributed by atoms with van der Waals surface area (Å²) in [5.74, 6) is 0.881. The summed E-state index contributed by atoms with van der Waals surface area (Å²) in [7, 11) is 0. The van der Waals surface area contributed by atoms with Gasteiger partial charge in [-0.1, -0.05) is 41.9 Å². The number of unbranched alkanes of at least 4 members (excludes halogenated alkanes) is 1. The number of nitrogens with one attached hydrogen (secondary N) is 1. The van der Waals surface area contributed by atoms with Crippen LogP contribution >= 0.6 is 22.9 Å². The van der Waals surface area contributed by atoms with Crippen molar-refractivity contribution in [3.8, 4) is 16.3 Å². The quantitative estimate of drug-likeness (QED) is 0.330. The number of hydrogen-bond acceptors (Lipinski definition) is 3. The molecule has 28 heavy (non-hydrogen) atoms. The molecule has 2 heterocycles. The summed E-state index contributed by atoms with van der Waals surface area (Å²) < 4.78 is 6.85. The van der Waals surface area contributed by atoms with Gasteiger partial charge in [-0.3, -0.25) is 0 Å². The zero-order valence-corrected chi connectivity index (χ0v) is 17.2. The van der Waals surface area contributed by atoms with Gasteiger partial charge in [0.1, 0.15) is 12.4 Å². The number of rotatable bonds is 8. The third-order valence-corrected chi connectivity index (χ3v) is 6.08. The van der Waals surface area contributed by atoms with Crippen molar-refractivity contribution < 1.29 is 4.74 Å². The molecule has 0 saturated heterocycles. The van der Waals surface area contributed by atoms with Crippen molar-refractivity contribution in [2.24, 2.45) is 5.73 Å². The molecule has 5 heteroatoms. The Kier molecular flexibility index (Phi) is 6.01. The van der Waals surface area contributed by atoms with E-state index in [1.807, 2.05) is 30.3 Å². The first-order valence-corrected chi connectivity index (χ1v) is 10.7. The van der Waals surface area contributed by atoms with Crippen LogP contribution in [0.25, 0.3) is 21.5 Å². The van der Waals surface area contributed by atoms with Gasteiger partial charge in [0.2, 0.25) is 0 Å². The summed E-state index contributed by atoms with van der Waals surface area (Å²) in [4.78, 5) is 4.75. The maximum Gasteiger partial charge on any atom is 0.120 e. The Morgan fingerprint density at radius 1 is 1.00 bits per heavy atom. The van der Waals surface area contributed by atoms with Gasteiger partial charge >= 0.3 is 0 Å². The van der Waals surface area contributed by atoms with Gasteiger partial charge in [-0.05, 0) is 67.3 Å². The van der Waals surface area contributed by atoms with Crippen molar-refractivity contribution >= 4 is 33.8 Å². The van der Waals surface area contributed by atoms with Crippen molar-refractivity contribution in [2.75, 3.05) is 6.54 Å². The fourth-order valence-electron chi connectivity index (χ4n) is 3.42. The van der Waals surface area contributed by atoms with Crippen LogP contribution in [-0.2, 0) is 13.0 Å². The number of benzene rings is 2. The monoisotopic (exact) mass is 410 g/mol. The van der Waals surface area contributed by atoms with Crippen molar-refractivity contribution in [1.29, 1.82) is 0 Å². The lowest BCUT2D eigenvalue weighted by atomic mass is 10.0. The Morgan fingerprint density at radius 3 is 2.61 bits per heavy atom. The summed E-state index contributed by atoms with van der Waals surface area (Å²) in [6.07, 6.45) is 3.05. The normalized spacial score (nSPS) is 11.2. The van der Waals surface area contributed by atoms with Crippen LogP contribution in [0, 0.1) is 0 Å². The maximum atomic E-state index is 6.18. The third-order valence-electron chi connectivity index (χ3n) is 4.83. The number of aryl methyl sites for hydroxylation is 1. The number of nitrogens with two attached hydrogens (primary N) is 1. The van der Waals surface area contributed by atoms with Gasteiger partial charge in [-0.2, -0.15) is 0 Å². The molecular formula is C23H23ClN2OS. The van der Waals surface area contributed by atoms with E-state index in [1.165, 1.54) is 10.9 Å². The van der Waals surface area contributed by atoms with Crippen molar-refractivity contribution in [1.82, 2.24) is 4.98 Å². The fourth-order valence-corrected chi connectivity index (χ4v) is 4.49. The molecule has 0 unspecified atom stereocenters. The van der Waals surface area contributed by atoms with Gasteiger partial charge in [0.05, 0.1) is 14.9 Å². The van der Waals surface area contributed by atoms with Gasteiger partial charge in [0.25, 0.3) is 0 Å². The van der Waals surface area contributed by atoms with Crippen LogP contribution < -0.4 is 10.5 Å². The van der Waals surface area contributed by atoms with Crippen molar-refractivity contribution in [3.63, 3.8) is 0 Å². The average Bonchev–Trinajstić information content (AvgIpc) is 3.31. The Hall–Kier alpha value is -2.27. The van der Waals surface area contributed by atoms with Crippen LogP contribution in [0.15, 0.2) is 60.7 Å². The number of thiophene rings is 1. The standard InChI is InChI=1S/C23H23ClN2OS/c24-22-12-11-21(28-22)23-18(8-4-5-13-25)19-14-17(9-10-20(19)26-23)27-15-16-6-2-1-3-7-16/h1-3,6-7,9-12,14,26H,4-5,8,13,15,25H2. The number of ether oxygens (including phenoxy) is 1. The fraction of sp³-hybridized carbons (Fsp3) is 0.217. The summed E-state index contributed by atoms with van der Waals surface area (Å²) in [5.41, 5.74) is 10.5. The van der Waals surface area contributed by atoms with E-state index in [0.29, 0.717) is 13.2 Å². The molecule has 0 fully saturated rings. The minimum atomic E-state index is 0.562. The van der Waals surface area contributed by atoms with Gasteiger partial charge in [0.15, 0.2) is 0 Å². The molecule has 2 aromatic heterocycles. The molecule has 3 nitrogen and oxygen atoms in total. The van der Waals surface area contributed by atoms with E-state index >= 15 is 0 Å². The van der Waals surface area contributed by atoms with Gasteiger partial charge in [-0.15, -0.1) is 11.3 Å². The highest BCUT2D eigenvalue weighted by Crippen LogP contribution is 2.38. The first kappa shape index (κ1) is 19.1. The van der Waals surface area contributed by atoms with Crippen LogP contribution in [0.1, 0.15) is 24.0 Å². The van der Waals surface area contributed by atoms with Crippen molar-refractivity contribution in [2.45, 2.75) is 25.9 Å². The SMILES string of the molecule is NCCCCc1c(-c2ccc(Cl)s2)[nH]c2ccc(OCc3ccccc3)cc12. The first-order chi connectivity index (χ1) is 13.7. The molecule has 0 atom stereocenters. The van der Waals surface area contributed by atoms with E-state index < -0.39 is 0 Å². The lowest BCUT2D eigenvalue weighted by molar-refractivity contribution is 0.306. The summed E-state index contributed by atoms with van der Waals surface area (Å²) in [6, 6.07) is 20.5. The molecule has 0 amide bonds. The van der Waals surface area contributed by atoms with Crippen LogP contribution in [-0.4, -0.2) is 11.5 Å². The molecule has 144 valence electrons. The minimum Gasteiger partial charge on any atom is -0.489 e. The average molecular weight is 411 g/mol. The van der Waals surface area contributed by atoms with Crippen LogP contribution in [0.4, 0.5) is 0 Å². The van der Waals surface area contributed by atoms with Crippen LogP contribution in [0.5, 0.6) is 5.75 Å². The molecule has 0 radical (unpaired) electrons. The predicted octanol–water partition coefficient (Wildman–Crippen LogP) is 6.41. The molecule has 3 N–H and O–H groups in total. The van der Waals surface area contributed by atoms with Gasteiger partial charge in [-0.25, -0.2) is 0 Å². The molecule has 0 spiro atoms. The zero-order chi connectivity index (χ0) is 19.3. The molecule has 0 aliphatic heterocycles. The highest BCUT2D eigenvalue weighted by molar-refractivity contribution is 7.19. The second-order valence-corrected chi connectivity index (χ2v) is 8.52. The summed E-state index contributed by atoms with van der Waals surface area (Å²) in [6.45, 7) is 1.28. The molecule has 4 rings (SSSR count). The smallest absolute Gasteiger partial charge is 0.120 e. The van der Waals surface area contributed by atoms with Crippen LogP contribution in [0.3, 0.4) is 0 Å². The lowest BCUT2D eigenvalue weighted by Crippen LogP contribution is -1.99. The van der Waals surface area contributed by atoms with Crippen LogP contribution in [0.2, 0.25) is 4.34 Å². The summed E-state index contributed by atoms with van der Waals surface area (Å²) >= 11 is 7.78. The number of aromatic nitrogens is 1. The highest BCUT2D eigenvalue weighted by atomic mass is 35.5. The molecule has 0 aliphatic rings.